The highest BCUT2D eigenvalue weighted by Gasteiger charge is 2.08. The number of nitrogens with one attached hydrogen (secondary N) is 1. The summed E-state index contributed by atoms with van der Waals surface area (Å²) in [4.78, 5) is 17.7. The van der Waals surface area contributed by atoms with E-state index in [4.69, 9.17) is 23.2 Å². The van der Waals surface area contributed by atoms with Gasteiger partial charge in [0.05, 0.1) is 32.6 Å². The standard InChI is InChI=1S/C14H13Cl2N3OS2/c1-8-14(22-7-17-8)9(2)18-19-13(20)6-21-12-5-10(15)3-4-11(12)16/h3-5,7H,6H2,1-2H3,(H,19,20)/b18-9+. The highest BCUT2D eigenvalue weighted by Crippen LogP contribution is 2.29. The minimum Gasteiger partial charge on any atom is -0.272 e. The molecule has 116 valence electrons. The molecule has 1 N–H and O–H groups in total. The molecule has 1 amide bonds. The van der Waals surface area contributed by atoms with Crippen LogP contribution in [0.15, 0.2) is 33.7 Å². The summed E-state index contributed by atoms with van der Waals surface area (Å²) in [6.45, 7) is 3.74. The molecule has 1 heterocycles. The van der Waals surface area contributed by atoms with Crippen LogP contribution < -0.4 is 5.43 Å². The molecule has 1 aromatic carbocycles. The number of hydrogen-bond donors (Lipinski definition) is 1. The lowest BCUT2D eigenvalue weighted by atomic mass is 10.3. The van der Waals surface area contributed by atoms with Gasteiger partial charge in [-0.1, -0.05) is 23.2 Å². The zero-order valence-electron chi connectivity index (χ0n) is 11.9. The first-order valence-electron chi connectivity index (χ1n) is 6.29. The number of aromatic nitrogens is 1. The van der Waals surface area contributed by atoms with Gasteiger partial charge in [0.2, 0.25) is 5.91 Å². The molecule has 2 rings (SSSR count). The number of thioether (sulfide) groups is 1. The van der Waals surface area contributed by atoms with Crippen LogP contribution in [0.25, 0.3) is 0 Å². The molecule has 0 saturated heterocycles. The molecule has 1 aromatic heterocycles. The predicted molar refractivity (Wildman–Crippen MR) is 94.4 cm³/mol. The van der Waals surface area contributed by atoms with Gasteiger partial charge in [-0.3, -0.25) is 4.79 Å². The van der Waals surface area contributed by atoms with E-state index in [0.717, 1.165) is 21.2 Å². The molecule has 8 heteroatoms. The van der Waals surface area contributed by atoms with E-state index >= 15 is 0 Å². The maximum Gasteiger partial charge on any atom is 0.250 e. The number of halogens is 2. The van der Waals surface area contributed by atoms with Gasteiger partial charge in [-0.15, -0.1) is 23.1 Å². The maximum atomic E-state index is 11.8. The van der Waals surface area contributed by atoms with Gasteiger partial charge in [0, 0.05) is 9.92 Å². The number of carbonyl (C=O) groups is 1. The second-order valence-corrected chi connectivity index (χ2v) is 7.08. The van der Waals surface area contributed by atoms with Crippen molar-refractivity contribution in [2.75, 3.05) is 5.75 Å². The van der Waals surface area contributed by atoms with Crippen LogP contribution in [0.5, 0.6) is 0 Å². The molecule has 22 heavy (non-hydrogen) atoms. The Hall–Kier alpha value is -1.08. The Labute approximate surface area is 146 Å². The van der Waals surface area contributed by atoms with Gasteiger partial charge in [-0.2, -0.15) is 5.10 Å². The second-order valence-electron chi connectivity index (χ2n) is 4.36. The SMILES string of the molecule is C/C(=N\NC(=O)CSc1cc(Cl)ccc1Cl)c1scnc1C. The predicted octanol–water partition coefficient (Wildman–Crippen LogP) is 4.39. The third-order valence-corrected chi connectivity index (χ3v) is 5.44. The fraction of sp³-hybridized carbons (Fsp3) is 0.214. The first-order valence-corrected chi connectivity index (χ1v) is 8.91. The minimum atomic E-state index is -0.206. The van der Waals surface area contributed by atoms with E-state index in [1.807, 2.05) is 13.8 Å². The van der Waals surface area contributed by atoms with Crippen molar-refractivity contribution >= 4 is 57.9 Å². The van der Waals surface area contributed by atoms with E-state index in [2.05, 4.69) is 15.5 Å². The van der Waals surface area contributed by atoms with Gasteiger partial charge < -0.3 is 0 Å². The summed E-state index contributed by atoms with van der Waals surface area (Å²) in [6, 6.07) is 5.15. The largest absolute Gasteiger partial charge is 0.272 e. The molecule has 2 aromatic rings. The van der Waals surface area contributed by atoms with E-state index in [-0.39, 0.29) is 11.7 Å². The van der Waals surface area contributed by atoms with E-state index in [9.17, 15) is 4.79 Å². The van der Waals surface area contributed by atoms with Crippen LogP contribution in [0.4, 0.5) is 0 Å². The topological polar surface area (TPSA) is 54.4 Å². The Morgan fingerprint density at radius 2 is 2.23 bits per heavy atom. The first-order chi connectivity index (χ1) is 10.5. The Kier molecular flexibility index (Phi) is 6.26. The van der Waals surface area contributed by atoms with Crippen molar-refractivity contribution in [3.8, 4) is 0 Å². The van der Waals surface area contributed by atoms with Crippen molar-refractivity contribution in [1.82, 2.24) is 10.4 Å². The lowest BCUT2D eigenvalue weighted by Gasteiger charge is -2.04. The third kappa shape index (κ3) is 4.71. The van der Waals surface area contributed by atoms with Crippen LogP contribution in [0.2, 0.25) is 10.0 Å². The summed E-state index contributed by atoms with van der Waals surface area (Å²) in [5.74, 6) is 0.000898. The van der Waals surface area contributed by atoms with Crippen LogP contribution in [-0.2, 0) is 4.79 Å². The Morgan fingerprint density at radius 3 is 2.91 bits per heavy atom. The molecule has 0 unspecified atom stereocenters. The van der Waals surface area contributed by atoms with Crippen molar-refractivity contribution < 1.29 is 4.79 Å². The maximum absolute atomic E-state index is 11.8. The zero-order valence-corrected chi connectivity index (χ0v) is 15.0. The minimum absolute atomic E-state index is 0.206. The number of hydrogen-bond acceptors (Lipinski definition) is 5. The number of thiazole rings is 1. The monoisotopic (exact) mass is 373 g/mol. The first kappa shape index (κ1) is 17.3. The Morgan fingerprint density at radius 1 is 1.45 bits per heavy atom. The van der Waals surface area contributed by atoms with Gasteiger partial charge in [0.1, 0.15) is 0 Å². The molecule has 0 fully saturated rings. The summed E-state index contributed by atoms with van der Waals surface area (Å²) < 4.78 is 0. The number of hydrazone groups is 1. The van der Waals surface area contributed by atoms with Crippen molar-refractivity contribution in [3.05, 3.63) is 44.3 Å². The molecular formula is C14H13Cl2N3OS2. The molecular weight excluding hydrogens is 361 g/mol. The van der Waals surface area contributed by atoms with E-state index in [1.165, 1.54) is 23.1 Å². The molecule has 0 spiro atoms. The van der Waals surface area contributed by atoms with Crippen molar-refractivity contribution in [2.45, 2.75) is 18.7 Å². The average Bonchev–Trinajstić information content (AvgIpc) is 2.92. The second kappa shape index (κ2) is 7.97. The summed E-state index contributed by atoms with van der Waals surface area (Å²) in [6.07, 6.45) is 0. The van der Waals surface area contributed by atoms with Crippen LogP contribution in [-0.4, -0.2) is 22.4 Å². The molecule has 0 aliphatic carbocycles. The summed E-state index contributed by atoms with van der Waals surface area (Å²) in [5.41, 5.74) is 5.92. The smallest absolute Gasteiger partial charge is 0.250 e. The van der Waals surface area contributed by atoms with Crippen molar-refractivity contribution in [3.63, 3.8) is 0 Å². The van der Waals surface area contributed by atoms with Gasteiger partial charge in [-0.05, 0) is 32.0 Å². The van der Waals surface area contributed by atoms with Gasteiger partial charge in [0.15, 0.2) is 0 Å². The van der Waals surface area contributed by atoms with Gasteiger partial charge >= 0.3 is 0 Å². The fourth-order valence-electron chi connectivity index (χ4n) is 1.61. The number of carbonyl (C=O) groups excluding carboxylic acids is 1. The lowest BCUT2D eigenvalue weighted by molar-refractivity contribution is -0.118. The quantitative estimate of drug-likeness (QED) is 0.480. The third-order valence-electron chi connectivity index (χ3n) is 2.67. The Bertz CT molecular complexity index is 716. The van der Waals surface area contributed by atoms with Crippen molar-refractivity contribution in [1.29, 1.82) is 0 Å². The molecule has 0 atom stereocenters. The number of rotatable bonds is 5. The van der Waals surface area contributed by atoms with Gasteiger partial charge in [0.25, 0.3) is 0 Å². The zero-order chi connectivity index (χ0) is 16.1. The number of aryl methyl sites for hydroxylation is 1. The fourth-order valence-corrected chi connectivity index (χ4v) is 3.65. The van der Waals surface area contributed by atoms with E-state index < -0.39 is 0 Å². The molecule has 0 radical (unpaired) electrons. The Balaban J connectivity index is 1.91. The highest BCUT2D eigenvalue weighted by atomic mass is 35.5. The molecule has 0 aliphatic heterocycles. The van der Waals surface area contributed by atoms with Crippen LogP contribution >= 0.6 is 46.3 Å². The van der Waals surface area contributed by atoms with Crippen LogP contribution in [0, 0.1) is 6.92 Å². The van der Waals surface area contributed by atoms with Crippen LogP contribution in [0.1, 0.15) is 17.5 Å². The number of nitrogens with zero attached hydrogens (tertiary/aromatic N) is 2. The summed E-state index contributed by atoms with van der Waals surface area (Å²) in [5, 5.41) is 5.25. The lowest BCUT2D eigenvalue weighted by Crippen LogP contribution is -2.21. The normalized spacial score (nSPS) is 11.5. The number of benzene rings is 1. The number of amides is 1. The van der Waals surface area contributed by atoms with Crippen molar-refractivity contribution in [2.24, 2.45) is 5.10 Å². The van der Waals surface area contributed by atoms with E-state index in [1.54, 1.807) is 23.7 Å². The van der Waals surface area contributed by atoms with Crippen LogP contribution in [0.3, 0.4) is 0 Å². The average molecular weight is 374 g/mol. The molecule has 0 aliphatic rings. The van der Waals surface area contributed by atoms with Gasteiger partial charge in [-0.25, -0.2) is 10.4 Å². The molecule has 0 bridgehead atoms. The molecule has 0 saturated carbocycles. The van der Waals surface area contributed by atoms with E-state index in [0.29, 0.717) is 10.0 Å². The summed E-state index contributed by atoms with van der Waals surface area (Å²) >= 11 is 14.8. The summed E-state index contributed by atoms with van der Waals surface area (Å²) in [7, 11) is 0. The highest BCUT2D eigenvalue weighted by molar-refractivity contribution is 8.00. The molecule has 4 nitrogen and oxygen atoms in total.